The highest BCUT2D eigenvalue weighted by atomic mass is 79.9. The number of nitrogens with one attached hydrogen (secondary N) is 2. The fraction of sp³-hybridized carbons (Fsp3) is 0.167. The zero-order valence-electron chi connectivity index (χ0n) is 13.5. The van der Waals surface area contributed by atoms with Crippen molar-refractivity contribution in [1.29, 1.82) is 0 Å². The van der Waals surface area contributed by atoms with Gasteiger partial charge in [-0.25, -0.2) is 4.98 Å². The Morgan fingerprint density at radius 1 is 1.12 bits per heavy atom. The standard InChI is InChI=1S/C18H18BrN5/c1-3-21-18-23-16(13-5-4-8-20-11-13)10-17(24-18)22-15-7-6-14(19)9-12(15)2/h4-11H,3H2,1-2H3,(H2,21,22,23,24). The quantitative estimate of drug-likeness (QED) is 0.663. The van der Waals surface area contributed by atoms with Gasteiger partial charge in [0.25, 0.3) is 0 Å². The van der Waals surface area contributed by atoms with Crippen molar-refractivity contribution in [3.63, 3.8) is 0 Å². The fourth-order valence-electron chi connectivity index (χ4n) is 2.32. The van der Waals surface area contributed by atoms with Gasteiger partial charge in [0, 0.05) is 40.7 Å². The molecule has 0 atom stereocenters. The molecule has 122 valence electrons. The third-order valence-corrected chi connectivity index (χ3v) is 3.96. The first-order valence-corrected chi connectivity index (χ1v) is 8.51. The van der Waals surface area contributed by atoms with Crippen LogP contribution in [-0.2, 0) is 0 Å². The number of benzene rings is 1. The SMILES string of the molecule is CCNc1nc(Nc2ccc(Br)cc2C)cc(-c2cccnc2)n1. The van der Waals surface area contributed by atoms with E-state index in [9.17, 15) is 0 Å². The number of hydrogen-bond donors (Lipinski definition) is 2. The highest BCUT2D eigenvalue weighted by molar-refractivity contribution is 9.10. The van der Waals surface area contributed by atoms with Gasteiger partial charge in [-0.3, -0.25) is 4.98 Å². The summed E-state index contributed by atoms with van der Waals surface area (Å²) in [6, 6.07) is 11.9. The molecule has 3 aromatic rings. The minimum Gasteiger partial charge on any atom is -0.354 e. The van der Waals surface area contributed by atoms with Crippen molar-refractivity contribution in [3.8, 4) is 11.3 Å². The molecule has 0 spiro atoms. The number of aryl methyl sites for hydroxylation is 1. The maximum absolute atomic E-state index is 4.56. The van der Waals surface area contributed by atoms with Crippen molar-refractivity contribution >= 4 is 33.4 Å². The Hall–Kier alpha value is -2.47. The van der Waals surface area contributed by atoms with Gasteiger partial charge in [0.05, 0.1) is 5.69 Å². The van der Waals surface area contributed by atoms with E-state index in [-0.39, 0.29) is 0 Å². The number of aromatic nitrogens is 3. The van der Waals surface area contributed by atoms with Gasteiger partial charge in [-0.2, -0.15) is 4.98 Å². The largest absolute Gasteiger partial charge is 0.354 e. The molecule has 0 aliphatic heterocycles. The molecule has 0 saturated carbocycles. The summed E-state index contributed by atoms with van der Waals surface area (Å²) in [6.45, 7) is 4.83. The van der Waals surface area contributed by atoms with Crippen LogP contribution >= 0.6 is 15.9 Å². The van der Waals surface area contributed by atoms with Crippen LogP contribution in [0.2, 0.25) is 0 Å². The van der Waals surface area contributed by atoms with Gasteiger partial charge in [0.15, 0.2) is 0 Å². The van der Waals surface area contributed by atoms with Gasteiger partial charge >= 0.3 is 0 Å². The van der Waals surface area contributed by atoms with Crippen LogP contribution in [0.25, 0.3) is 11.3 Å². The van der Waals surface area contributed by atoms with Gasteiger partial charge in [0.1, 0.15) is 5.82 Å². The Bertz CT molecular complexity index is 836. The highest BCUT2D eigenvalue weighted by Gasteiger charge is 2.08. The molecular formula is C18H18BrN5. The second-order valence-electron chi connectivity index (χ2n) is 5.32. The van der Waals surface area contributed by atoms with Crippen LogP contribution in [0.1, 0.15) is 12.5 Å². The lowest BCUT2D eigenvalue weighted by atomic mass is 10.2. The molecule has 24 heavy (non-hydrogen) atoms. The normalized spacial score (nSPS) is 10.5. The third kappa shape index (κ3) is 3.89. The second kappa shape index (κ2) is 7.40. The first-order valence-electron chi connectivity index (χ1n) is 7.72. The Kier molecular flexibility index (Phi) is 5.05. The Morgan fingerprint density at radius 3 is 2.71 bits per heavy atom. The smallest absolute Gasteiger partial charge is 0.225 e. The van der Waals surface area contributed by atoms with E-state index >= 15 is 0 Å². The van der Waals surface area contributed by atoms with Crippen molar-refractivity contribution in [1.82, 2.24) is 15.0 Å². The first kappa shape index (κ1) is 16.4. The monoisotopic (exact) mass is 383 g/mol. The fourth-order valence-corrected chi connectivity index (χ4v) is 2.79. The molecule has 0 saturated heterocycles. The van der Waals surface area contributed by atoms with E-state index in [0.29, 0.717) is 5.95 Å². The summed E-state index contributed by atoms with van der Waals surface area (Å²) in [6.07, 6.45) is 3.55. The molecular weight excluding hydrogens is 366 g/mol. The van der Waals surface area contributed by atoms with Crippen LogP contribution in [0, 0.1) is 6.92 Å². The van der Waals surface area contributed by atoms with Crippen molar-refractivity contribution < 1.29 is 0 Å². The molecule has 0 amide bonds. The van der Waals surface area contributed by atoms with Gasteiger partial charge in [-0.1, -0.05) is 15.9 Å². The van der Waals surface area contributed by atoms with Crippen LogP contribution in [0.3, 0.4) is 0 Å². The Balaban J connectivity index is 1.99. The van der Waals surface area contributed by atoms with E-state index in [1.807, 2.05) is 37.3 Å². The molecule has 0 bridgehead atoms. The summed E-state index contributed by atoms with van der Waals surface area (Å²) in [5.74, 6) is 1.33. The van der Waals surface area contributed by atoms with E-state index in [1.165, 1.54) is 0 Å². The molecule has 0 aliphatic carbocycles. The molecule has 0 unspecified atom stereocenters. The number of rotatable bonds is 5. The van der Waals surface area contributed by atoms with Crippen LogP contribution in [0.15, 0.2) is 53.3 Å². The van der Waals surface area contributed by atoms with Gasteiger partial charge in [-0.05, 0) is 49.7 Å². The molecule has 3 rings (SSSR count). The van der Waals surface area contributed by atoms with Crippen molar-refractivity contribution in [3.05, 3.63) is 58.8 Å². The van der Waals surface area contributed by atoms with E-state index in [2.05, 4.69) is 54.5 Å². The zero-order chi connectivity index (χ0) is 16.9. The van der Waals surface area contributed by atoms with Crippen LogP contribution in [0.4, 0.5) is 17.5 Å². The van der Waals surface area contributed by atoms with Gasteiger partial charge < -0.3 is 10.6 Å². The minimum atomic E-state index is 0.594. The molecule has 1 aromatic carbocycles. The Morgan fingerprint density at radius 2 is 2.00 bits per heavy atom. The number of anilines is 3. The zero-order valence-corrected chi connectivity index (χ0v) is 15.1. The average Bonchev–Trinajstić information content (AvgIpc) is 2.58. The summed E-state index contributed by atoms with van der Waals surface area (Å²) in [5, 5.41) is 6.55. The van der Waals surface area contributed by atoms with Crippen molar-refractivity contribution in [2.45, 2.75) is 13.8 Å². The predicted molar refractivity (Wildman–Crippen MR) is 102 cm³/mol. The van der Waals surface area contributed by atoms with E-state index in [4.69, 9.17) is 0 Å². The summed E-state index contributed by atoms with van der Waals surface area (Å²) in [7, 11) is 0. The van der Waals surface area contributed by atoms with Crippen molar-refractivity contribution in [2.75, 3.05) is 17.2 Å². The number of halogens is 1. The average molecular weight is 384 g/mol. The van der Waals surface area contributed by atoms with E-state index in [1.54, 1.807) is 12.4 Å². The summed E-state index contributed by atoms with van der Waals surface area (Å²) in [4.78, 5) is 13.3. The minimum absolute atomic E-state index is 0.594. The van der Waals surface area contributed by atoms with E-state index in [0.717, 1.165) is 39.3 Å². The maximum Gasteiger partial charge on any atom is 0.225 e. The highest BCUT2D eigenvalue weighted by Crippen LogP contribution is 2.26. The molecule has 6 heteroatoms. The predicted octanol–water partition coefficient (Wildman–Crippen LogP) is 4.78. The summed E-state index contributed by atoms with van der Waals surface area (Å²) in [5.41, 5.74) is 3.92. The molecule has 5 nitrogen and oxygen atoms in total. The summed E-state index contributed by atoms with van der Waals surface area (Å²) < 4.78 is 1.05. The molecule has 2 aromatic heterocycles. The van der Waals surface area contributed by atoms with Gasteiger partial charge in [-0.15, -0.1) is 0 Å². The summed E-state index contributed by atoms with van der Waals surface area (Å²) >= 11 is 3.49. The van der Waals surface area contributed by atoms with E-state index < -0.39 is 0 Å². The molecule has 0 fully saturated rings. The lowest BCUT2D eigenvalue weighted by Crippen LogP contribution is -2.05. The van der Waals surface area contributed by atoms with Crippen LogP contribution in [0.5, 0.6) is 0 Å². The topological polar surface area (TPSA) is 62.7 Å². The molecule has 0 aliphatic rings. The van der Waals surface area contributed by atoms with Gasteiger partial charge in [0.2, 0.25) is 5.95 Å². The second-order valence-corrected chi connectivity index (χ2v) is 6.23. The lowest BCUT2D eigenvalue weighted by molar-refractivity contribution is 1.09. The number of pyridine rings is 1. The molecule has 2 heterocycles. The lowest BCUT2D eigenvalue weighted by Gasteiger charge is -2.12. The number of nitrogens with zero attached hydrogens (tertiary/aromatic N) is 3. The molecule has 0 radical (unpaired) electrons. The van der Waals surface area contributed by atoms with Crippen LogP contribution < -0.4 is 10.6 Å². The van der Waals surface area contributed by atoms with Crippen LogP contribution in [-0.4, -0.2) is 21.5 Å². The number of hydrogen-bond acceptors (Lipinski definition) is 5. The Labute approximate surface area is 149 Å². The van der Waals surface area contributed by atoms with Crippen molar-refractivity contribution in [2.24, 2.45) is 0 Å². The molecule has 2 N–H and O–H groups in total. The first-order chi connectivity index (χ1) is 11.7. The maximum atomic E-state index is 4.56. The third-order valence-electron chi connectivity index (χ3n) is 3.47.